The number of ether oxygens (including phenoxy) is 2. The maximum Gasteiger partial charge on any atom is 0.265 e. The Balaban J connectivity index is 1.97. The molecule has 2 aromatic carbocycles. The van der Waals surface area contributed by atoms with Crippen LogP contribution in [-0.2, 0) is 10.0 Å². The number of methoxy groups -OCH3 is 1. The minimum Gasteiger partial charge on any atom is -0.495 e. The second-order valence-corrected chi connectivity index (χ2v) is 7.93. The highest BCUT2D eigenvalue weighted by molar-refractivity contribution is 7.92. The number of amides is 1. The van der Waals surface area contributed by atoms with Crippen LogP contribution in [0.4, 0.5) is 5.69 Å². The van der Waals surface area contributed by atoms with Crippen LogP contribution in [0.2, 0.25) is 5.02 Å². The number of hydrogen-bond acceptors (Lipinski definition) is 5. The third kappa shape index (κ3) is 3.96. The summed E-state index contributed by atoms with van der Waals surface area (Å²) in [5.41, 5.74) is 0.554. The van der Waals surface area contributed by atoms with E-state index >= 15 is 0 Å². The van der Waals surface area contributed by atoms with E-state index in [0.717, 1.165) is 0 Å². The van der Waals surface area contributed by atoms with E-state index < -0.39 is 10.0 Å². The first-order valence-corrected chi connectivity index (χ1v) is 10.1. The van der Waals surface area contributed by atoms with Gasteiger partial charge in [-0.15, -0.1) is 0 Å². The van der Waals surface area contributed by atoms with Crippen LogP contribution in [0.15, 0.2) is 41.3 Å². The van der Waals surface area contributed by atoms with Crippen molar-refractivity contribution in [3.8, 4) is 11.5 Å². The van der Waals surface area contributed by atoms with E-state index in [2.05, 4.69) is 4.72 Å². The molecule has 0 unspecified atom stereocenters. The molecule has 0 bridgehead atoms. The van der Waals surface area contributed by atoms with Gasteiger partial charge in [-0.3, -0.25) is 9.52 Å². The Kier molecular flexibility index (Phi) is 5.48. The summed E-state index contributed by atoms with van der Waals surface area (Å²) in [5, 5.41) is 0.264. The van der Waals surface area contributed by atoms with E-state index in [0.29, 0.717) is 31.0 Å². The standard InChI is InChI=1S/C18H19ClN2O5S/c1-3-21-8-9-26-15-7-5-13(11-14(15)18(21)22)20-27(23,24)17-10-12(19)4-6-16(17)25-2/h4-7,10-11,20H,3,8-9H2,1-2H3. The van der Waals surface area contributed by atoms with E-state index in [9.17, 15) is 13.2 Å². The first kappa shape index (κ1) is 19.3. The molecule has 0 saturated carbocycles. The number of anilines is 1. The topological polar surface area (TPSA) is 84.9 Å². The average Bonchev–Trinajstić information content (AvgIpc) is 2.80. The zero-order valence-corrected chi connectivity index (χ0v) is 16.4. The van der Waals surface area contributed by atoms with Crippen LogP contribution in [0.3, 0.4) is 0 Å². The van der Waals surface area contributed by atoms with E-state index in [1.807, 2.05) is 6.92 Å². The fourth-order valence-corrected chi connectivity index (χ4v) is 4.28. The first-order valence-electron chi connectivity index (χ1n) is 8.28. The molecule has 7 nitrogen and oxygen atoms in total. The molecule has 0 aromatic heterocycles. The van der Waals surface area contributed by atoms with Gasteiger partial charge in [0.2, 0.25) is 0 Å². The molecule has 0 saturated heterocycles. The Morgan fingerprint density at radius 1 is 1.26 bits per heavy atom. The van der Waals surface area contributed by atoms with E-state index in [-0.39, 0.29) is 27.3 Å². The molecule has 0 aliphatic carbocycles. The molecule has 0 atom stereocenters. The Hall–Kier alpha value is -2.45. The molecule has 9 heteroatoms. The van der Waals surface area contributed by atoms with Gasteiger partial charge in [0.15, 0.2) is 0 Å². The van der Waals surface area contributed by atoms with Gasteiger partial charge >= 0.3 is 0 Å². The number of nitrogens with zero attached hydrogens (tertiary/aromatic N) is 1. The van der Waals surface area contributed by atoms with E-state index in [1.54, 1.807) is 17.0 Å². The Morgan fingerprint density at radius 2 is 2.04 bits per heavy atom. The SMILES string of the molecule is CCN1CCOc2ccc(NS(=O)(=O)c3cc(Cl)ccc3OC)cc2C1=O. The number of carbonyl (C=O) groups is 1. The summed E-state index contributed by atoms with van der Waals surface area (Å²) < 4.78 is 38.8. The summed E-state index contributed by atoms with van der Waals surface area (Å²) >= 11 is 5.93. The lowest BCUT2D eigenvalue weighted by molar-refractivity contribution is 0.0765. The second kappa shape index (κ2) is 7.66. The molecule has 1 aliphatic heterocycles. The molecule has 1 aliphatic rings. The molecule has 1 heterocycles. The lowest BCUT2D eigenvalue weighted by Crippen LogP contribution is -2.32. The van der Waals surface area contributed by atoms with Crippen LogP contribution in [0.5, 0.6) is 11.5 Å². The average molecular weight is 411 g/mol. The van der Waals surface area contributed by atoms with E-state index in [1.165, 1.54) is 31.4 Å². The summed E-state index contributed by atoms with van der Waals surface area (Å²) in [5.74, 6) is 0.392. The normalized spacial score (nSPS) is 14.2. The minimum atomic E-state index is -3.98. The van der Waals surface area contributed by atoms with Crippen molar-refractivity contribution in [3.05, 3.63) is 47.0 Å². The molecule has 3 rings (SSSR count). The summed E-state index contributed by atoms with van der Waals surface area (Å²) in [6.07, 6.45) is 0. The molecule has 27 heavy (non-hydrogen) atoms. The first-order chi connectivity index (χ1) is 12.9. The van der Waals surface area contributed by atoms with Crippen molar-refractivity contribution in [2.24, 2.45) is 0 Å². The fourth-order valence-electron chi connectivity index (χ4n) is 2.80. The molecule has 2 aromatic rings. The van der Waals surface area contributed by atoms with Crippen molar-refractivity contribution in [1.82, 2.24) is 4.90 Å². The van der Waals surface area contributed by atoms with Crippen molar-refractivity contribution in [1.29, 1.82) is 0 Å². The van der Waals surface area contributed by atoms with Gasteiger partial charge in [-0.2, -0.15) is 0 Å². The van der Waals surface area contributed by atoms with Crippen molar-refractivity contribution in [2.75, 3.05) is 31.5 Å². The molecular formula is C18H19ClN2O5S. The molecule has 1 amide bonds. The number of rotatable bonds is 5. The number of hydrogen-bond donors (Lipinski definition) is 1. The summed E-state index contributed by atoms with van der Waals surface area (Å²) in [4.78, 5) is 14.2. The van der Waals surface area contributed by atoms with Gasteiger partial charge in [0.1, 0.15) is 23.0 Å². The third-order valence-corrected chi connectivity index (χ3v) is 5.80. The molecular weight excluding hydrogens is 392 g/mol. The number of fused-ring (bicyclic) bond motifs is 1. The highest BCUT2D eigenvalue weighted by atomic mass is 35.5. The van der Waals surface area contributed by atoms with Crippen molar-refractivity contribution in [2.45, 2.75) is 11.8 Å². The van der Waals surface area contributed by atoms with Crippen molar-refractivity contribution < 1.29 is 22.7 Å². The number of likely N-dealkylation sites (N-methyl/N-ethyl adjacent to an activating group) is 1. The zero-order chi connectivity index (χ0) is 19.6. The van der Waals surface area contributed by atoms with Gasteiger partial charge in [0.25, 0.3) is 15.9 Å². The van der Waals surface area contributed by atoms with Crippen LogP contribution < -0.4 is 14.2 Å². The number of sulfonamides is 1. The quantitative estimate of drug-likeness (QED) is 0.819. The summed E-state index contributed by atoms with van der Waals surface area (Å²) in [6, 6.07) is 8.92. The number of benzene rings is 2. The molecule has 1 N–H and O–H groups in total. The van der Waals surface area contributed by atoms with Gasteiger partial charge < -0.3 is 14.4 Å². The maximum absolute atomic E-state index is 12.8. The predicted molar refractivity (Wildman–Crippen MR) is 102 cm³/mol. The van der Waals surface area contributed by atoms with Crippen LogP contribution >= 0.6 is 11.6 Å². The van der Waals surface area contributed by atoms with Crippen LogP contribution in [0.25, 0.3) is 0 Å². The van der Waals surface area contributed by atoms with Crippen LogP contribution in [-0.4, -0.2) is 46.0 Å². The summed E-state index contributed by atoms with van der Waals surface area (Å²) in [7, 11) is -2.60. The Labute approximate surface area is 162 Å². The van der Waals surface area contributed by atoms with Gasteiger partial charge in [-0.05, 0) is 43.3 Å². The molecule has 0 spiro atoms. The lowest BCUT2D eigenvalue weighted by Gasteiger charge is -2.17. The number of halogens is 1. The predicted octanol–water partition coefficient (Wildman–Crippen LogP) is 3.00. The van der Waals surface area contributed by atoms with Gasteiger partial charge in [-0.1, -0.05) is 11.6 Å². The molecule has 0 fully saturated rings. The maximum atomic E-state index is 12.8. The highest BCUT2D eigenvalue weighted by Gasteiger charge is 2.25. The Morgan fingerprint density at radius 3 is 2.74 bits per heavy atom. The smallest absolute Gasteiger partial charge is 0.265 e. The van der Waals surface area contributed by atoms with E-state index in [4.69, 9.17) is 21.1 Å². The van der Waals surface area contributed by atoms with Gasteiger partial charge in [0.05, 0.1) is 19.2 Å². The molecule has 144 valence electrons. The largest absolute Gasteiger partial charge is 0.495 e. The van der Waals surface area contributed by atoms with Gasteiger partial charge in [0, 0.05) is 17.3 Å². The molecule has 0 radical (unpaired) electrons. The summed E-state index contributed by atoms with van der Waals surface area (Å²) in [6.45, 7) is 3.28. The minimum absolute atomic E-state index is 0.0924. The highest BCUT2D eigenvalue weighted by Crippen LogP contribution is 2.31. The van der Waals surface area contributed by atoms with Gasteiger partial charge in [-0.25, -0.2) is 8.42 Å². The second-order valence-electron chi connectivity index (χ2n) is 5.84. The fraction of sp³-hybridized carbons (Fsp3) is 0.278. The lowest BCUT2D eigenvalue weighted by atomic mass is 10.1. The third-order valence-electron chi connectivity index (χ3n) is 4.17. The van der Waals surface area contributed by atoms with Crippen molar-refractivity contribution in [3.63, 3.8) is 0 Å². The van der Waals surface area contributed by atoms with Crippen molar-refractivity contribution >= 4 is 33.2 Å². The number of nitrogens with one attached hydrogen (secondary N) is 1. The zero-order valence-electron chi connectivity index (χ0n) is 14.9. The number of carbonyl (C=O) groups excluding carboxylic acids is 1. The monoisotopic (exact) mass is 410 g/mol. The van der Waals surface area contributed by atoms with Crippen LogP contribution in [0.1, 0.15) is 17.3 Å². The van der Waals surface area contributed by atoms with Crippen LogP contribution in [0, 0.1) is 0 Å². The Bertz CT molecular complexity index is 978.